The Morgan fingerprint density at radius 1 is 0.760 bits per heavy atom. The molecule has 0 spiro atoms. The molecular weight excluding hydrogens is 440 g/mol. The SMILES string of the molecule is CCCCC(Br)c1cccc(Oc2cccc(C(Br)CCCC)c2)c1. The predicted octanol–water partition coefficient (Wildman–Crippen LogP) is 8.73. The molecule has 1 nitrogen and oxygen atoms in total. The van der Waals surface area contributed by atoms with Gasteiger partial charge in [-0.1, -0.05) is 95.7 Å². The molecule has 0 saturated heterocycles. The van der Waals surface area contributed by atoms with E-state index < -0.39 is 0 Å². The lowest BCUT2D eigenvalue weighted by Gasteiger charge is -2.14. The summed E-state index contributed by atoms with van der Waals surface area (Å²) in [5, 5.41) is 0. The number of hydrogen-bond acceptors (Lipinski definition) is 1. The zero-order chi connectivity index (χ0) is 18.1. The molecule has 0 amide bonds. The Morgan fingerprint density at radius 3 is 1.60 bits per heavy atom. The summed E-state index contributed by atoms with van der Waals surface area (Å²) in [5.74, 6) is 1.80. The summed E-state index contributed by atoms with van der Waals surface area (Å²) in [6.45, 7) is 4.45. The van der Waals surface area contributed by atoms with Crippen LogP contribution in [-0.2, 0) is 0 Å². The van der Waals surface area contributed by atoms with Crippen LogP contribution >= 0.6 is 31.9 Å². The molecule has 0 aliphatic carbocycles. The van der Waals surface area contributed by atoms with Gasteiger partial charge in [0.15, 0.2) is 0 Å². The van der Waals surface area contributed by atoms with E-state index in [2.05, 4.69) is 82.1 Å². The highest BCUT2D eigenvalue weighted by atomic mass is 79.9. The van der Waals surface area contributed by atoms with E-state index in [9.17, 15) is 0 Å². The molecule has 136 valence electrons. The minimum atomic E-state index is 0.392. The molecule has 3 heteroatoms. The number of rotatable bonds is 10. The minimum absolute atomic E-state index is 0.392. The molecule has 2 aromatic rings. The Hall–Kier alpha value is -0.800. The van der Waals surface area contributed by atoms with Crippen molar-refractivity contribution in [3.8, 4) is 11.5 Å². The van der Waals surface area contributed by atoms with Gasteiger partial charge in [0.2, 0.25) is 0 Å². The molecule has 0 saturated carbocycles. The first kappa shape index (κ1) is 20.5. The van der Waals surface area contributed by atoms with E-state index in [1.54, 1.807) is 0 Å². The number of benzene rings is 2. The second kappa shape index (κ2) is 11.0. The summed E-state index contributed by atoms with van der Waals surface area (Å²) in [6, 6.07) is 16.8. The van der Waals surface area contributed by atoms with Crippen molar-refractivity contribution in [3.63, 3.8) is 0 Å². The van der Waals surface area contributed by atoms with Gasteiger partial charge < -0.3 is 4.74 Å². The van der Waals surface area contributed by atoms with Crippen LogP contribution in [0.15, 0.2) is 48.5 Å². The van der Waals surface area contributed by atoms with Gasteiger partial charge in [-0.3, -0.25) is 0 Å². The lowest BCUT2D eigenvalue weighted by atomic mass is 10.1. The zero-order valence-electron chi connectivity index (χ0n) is 15.2. The molecule has 25 heavy (non-hydrogen) atoms. The summed E-state index contributed by atoms with van der Waals surface area (Å²) in [6.07, 6.45) is 7.20. The molecule has 0 bridgehead atoms. The van der Waals surface area contributed by atoms with Crippen LogP contribution in [0.2, 0.25) is 0 Å². The van der Waals surface area contributed by atoms with Crippen LogP contribution in [-0.4, -0.2) is 0 Å². The largest absolute Gasteiger partial charge is 0.457 e. The smallest absolute Gasteiger partial charge is 0.127 e. The predicted molar refractivity (Wildman–Crippen MR) is 115 cm³/mol. The van der Waals surface area contributed by atoms with E-state index >= 15 is 0 Å². The van der Waals surface area contributed by atoms with E-state index in [0.29, 0.717) is 9.65 Å². The van der Waals surface area contributed by atoms with E-state index in [4.69, 9.17) is 4.74 Å². The standard InChI is InChI=1S/C22H28Br2O/c1-3-5-13-21(23)17-9-7-11-19(15-17)25-20-12-8-10-18(16-20)22(24)14-6-4-2/h7-12,15-16,21-22H,3-6,13-14H2,1-2H3. The van der Waals surface area contributed by atoms with E-state index in [1.807, 2.05) is 12.1 Å². The lowest BCUT2D eigenvalue weighted by Crippen LogP contribution is -1.93. The van der Waals surface area contributed by atoms with Crippen LogP contribution in [0.1, 0.15) is 73.2 Å². The van der Waals surface area contributed by atoms with E-state index in [0.717, 1.165) is 24.3 Å². The van der Waals surface area contributed by atoms with Crippen molar-refractivity contribution in [1.82, 2.24) is 0 Å². The lowest BCUT2D eigenvalue weighted by molar-refractivity contribution is 0.481. The zero-order valence-corrected chi connectivity index (χ0v) is 18.4. The second-order valence-corrected chi connectivity index (χ2v) is 8.68. The van der Waals surface area contributed by atoms with Gasteiger partial charge in [-0.25, -0.2) is 0 Å². The van der Waals surface area contributed by atoms with Crippen LogP contribution in [0.3, 0.4) is 0 Å². The van der Waals surface area contributed by atoms with Crippen LogP contribution in [0.5, 0.6) is 11.5 Å². The van der Waals surface area contributed by atoms with Crippen molar-refractivity contribution in [3.05, 3.63) is 59.7 Å². The third-order valence-corrected chi connectivity index (χ3v) is 6.27. The fraction of sp³-hybridized carbons (Fsp3) is 0.455. The Kier molecular flexibility index (Phi) is 9.05. The summed E-state index contributed by atoms with van der Waals surface area (Å²) in [5.41, 5.74) is 2.56. The monoisotopic (exact) mass is 466 g/mol. The number of hydrogen-bond donors (Lipinski definition) is 0. The van der Waals surface area contributed by atoms with Gasteiger partial charge in [-0.15, -0.1) is 0 Å². The van der Waals surface area contributed by atoms with Crippen molar-refractivity contribution in [2.24, 2.45) is 0 Å². The topological polar surface area (TPSA) is 9.23 Å². The molecule has 2 unspecified atom stereocenters. The molecule has 0 fully saturated rings. The molecule has 0 aliphatic heterocycles. The Bertz CT molecular complexity index is 586. The molecule has 0 aromatic heterocycles. The number of halogens is 2. The molecule has 2 atom stereocenters. The van der Waals surface area contributed by atoms with E-state index in [1.165, 1.54) is 36.8 Å². The third kappa shape index (κ3) is 6.79. The average Bonchev–Trinajstić information content (AvgIpc) is 2.64. The maximum atomic E-state index is 6.13. The van der Waals surface area contributed by atoms with E-state index in [-0.39, 0.29) is 0 Å². The van der Waals surface area contributed by atoms with Gasteiger partial charge in [0.25, 0.3) is 0 Å². The van der Waals surface area contributed by atoms with Gasteiger partial charge in [-0.05, 0) is 48.2 Å². The second-order valence-electron chi connectivity index (χ2n) is 6.47. The maximum Gasteiger partial charge on any atom is 0.127 e. The van der Waals surface area contributed by atoms with Gasteiger partial charge in [-0.2, -0.15) is 0 Å². The summed E-state index contributed by atoms with van der Waals surface area (Å²) < 4.78 is 6.13. The molecule has 2 rings (SSSR count). The van der Waals surface area contributed by atoms with Crippen LogP contribution in [0.25, 0.3) is 0 Å². The number of ether oxygens (including phenoxy) is 1. The first-order valence-electron chi connectivity index (χ1n) is 9.30. The average molecular weight is 468 g/mol. The van der Waals surface area contributed by atoms with Crippen molar-refractivity contribution in [2.45, 2.75) is 62.0 Å². The summed E-state index contributed by atoms with van der Waals surface area (Å²) in [7, 11) is 0. The first-order valence-corrected chi connectivity index (χ1v) is 11.1. The fourth-order valence-corrected chi connectivity index (χ4v) is 4.00. The Morgan fingerprint density at radius 2 is 1.20 bits per heavy atom. The van der Waals surface area contributed by atoms with Gasteiger partial charge in [0.1, 0.15) is 11.5 Å². The quantitative estimate of drug-likeness (QED) is 0.317. The highest BCUT2D eigenvalue weighted by molar-refractivity contribution is 9.09. The molecule has 2 aromatic carbocycles. The van der Waals surface area contributed by atoms with Crippen molar-refractivity contribution < 1.29 is 4.74 Å². The Balaban J connectivity index is 2.06. The van der Waals surface area contributed by atoms with Crippen molar-refractivity contribution >= 4 is 31.9 Å². The van der Waals surface area contributed by atoms with Crippen molar-refractivity contribution in [1.29, 1.82) is 0 Å². The van der Waals surface area contributed by atoms with Crippen LogP contribution in [0, 0.1) is 0 Å². The molecule has 0 N–H and O–H groups in total. The highest BCUT2D eigenvalue weighted by Gasteiger charge is 2.10. The van der Waals surface area contributed by atoms with Crippen molar-refractivity contribution in [2.75, 3.05) is 0 Å². The van der Waals surface area contributed by atoms with Crippen LogP contribution in [0.4, 0.5) is 0 Å². The first-order chi connectivity index (χ1) is 12.1. The summed E-state index contributed by atoms with van der Waals surface area (Å²) in [4.78, 5) is 0.784. The molecule has 0 heterocycles. The third-order valence-electron chi connectivity index (χ3n) is 4.30. The molecule has 0 aliphatic rings. The van der Waals surface area contributed by atoms with Gasteiger partial charge in [0.05, 0.1) is 0 Å². The summed E-state index contributed by atoms with van der Waals surface area (Å²) >= 11 is 7.60. The number of unbranched alkanes of at least 4 members (excludes halogenated alkanes) is 2. The fourth-order valence-electron chi connectivity index (χ4n) is 2.78. The van der Waals surface area contributed by atoms with Gasteiger partial charge in [0, 0.05) is 9.65 Å². The van der Waals surface area contributed by atoms with Gasteiger partial charge >= 0.3 is 0 Å². The highest BCUT2D eigenvalue weighted by Crippen LogP contribution is 2.34. The number of alkyl halides is 2. The Labute approximate surface area is 169 Å². The van der Waals surface area contributed by atoms with Crippen LogP contribution < -0.4 is 4.74 Å². The molecule has 0 radical (unpaired) electrons. The normalized spacial score (nSPS) is 13.4. The minimum Gasteiger partial charge on any atom is -0.457 e. The maximum absolute atomic E-state index is 6.13. The molecular formula is C22H28Br2O.